The topological polar surface area (TPSA) is 57.2 Å². The van der Waals surface area contributed by atoms with E-state index in [0.717, 1.165) is 23.5 Å². The zero-order valence-corrected chi connectivity index (χ0v) is 11.1. The quantitative estimate of drug-likeness (QED) is 0.750. The number of pyridine rings is 1. The van der Waals surface area contributed by atoms with E-state index in [4.69, 9.17) is 0 Å². The van der Waals surface area contributed by atoms with Crippen LogP contribution in [-0.2, 0) is 0 Å². The van der Waals surface area contributed by atoms with Gasteiger partial charge in [-0.05, 0) is 35.4 Å². The van der Waals surface area contributed by atoms with Crippen LogP contribution >= 0.6 is 11.3 Å². The highest BCUT2D eigenvalue weighted by Crippen LogP contribution is 2.18. The molecule has 4 nitrogen and oxygen atoms in total. The largest absolute Gasteiger partial charge is 0.387 e. The SMILES string of the molecule is CCNc1cncc(NCC(O)c2ccsc2)c1. The summed E-state index contributed by atoms with van der Waals surface area (Å²) in [5.41, 5.74) is 2.83. The molecular weight excluding hydrogens is 246 g/mol. The van der Waals surface area contributed by atoms with E-state index < -0.39 is 6.10 Å². The number of nitrogens with one attached hydrogen (secondary N) is 2. The summed E-state index contributed by atoms with van der Waals surface area (Å²) in [6, 6.07) is 3.92. The highest BCUT2D eigenvalue weighted by atomic mass is 32.1. The van der Waals surface area contributed by atoms with Gasteiger partial charge in [0.25, 0.3) is 0 Å². The first-order valence-corrected chi connectivity index (χ1v) is 6.87. The van der Waals surface area contributed by atoms with Crippen molar-refractivity contribution in [2.24, 2.45) is 0 Å². The van der Waals surface area contributed by atoms with Crippen LogP contribution in [0.1, 0.15) is 18.6 Å². The fourth-order valence-electron chi connectivity index (χ4n) is 1.63. The maximum atomic E-state index is 9.95. The van der Waals surface area contributed by atoms with Crippen LogP contribution in [-0.4, -0.2) is 23.2 Å². The number of rotatable bonds is 6. The molecule has 2 aromatic heterocycles. The van der Waals surface area contributed by atoms with E-state index in [1.165, 1.54) is 0 Å². The number of thiophene rings is 1. The fourth-order valence-corrected chi connectivity index (χ4v) is 2.34. The molecule has 0 aliphatic carbocycles. The predicted molar refractivity (Wildman–Crippen MR) is 76.2 cm³/mol. The van der Waals surface area contributed by atoms with Crippen molar-refractivity contribution >= 4 is 22.7 Å². The van der Waals surface area contributed by atoms with Crippen molar-refractivity contribution in [2.75, 3.05) is 23.7 Å². The van der Waals surface area contributed by atoms with Crippen molar-refractivity contribution < 1.29 is 5.11 Å². The smallest absolute Gasteiger partial charge is 0.0970 e. The molecule has 1 atom stereocenters. The molecule has 2 rings (SSSR count). The number of aliphatic hydroxyl groups is 1. The third-order valence-electron chi connectivity index (χ3n) is 2.55. The van der Waals surface area contributed by atoms with Crippen LogP contribution in [0.2, 0.25) is 0 Å². The molecule has 0 aliphatic rings. The van der Waals surface area contributed by atoms with Crippen LogP contribution in [0, 0.1) is 0 Å². The van der Waals surface area contributed by atoms with Gasteiger partial charge in [-0.15, -0.1) is 0 Å². The van der Waals surface area contributed by atoms with E-state index in [-0.39, 0.29) is 0 Å². The Morgan fingerprint density at radius 2 is 2.11 bits per heavy atom. The van der Waals surface area contributed by atoms with Gasteiger partial charge in [0, 0.05) is 13.1 Å². The second kappa shape index (κ2) is 6.37. The molecule has 0 bridgehead atoms. The minimum absolute atomic E-state index is 0.480. The normalized spacial score (nSPS) is 12.1. The molecule has 3 N–H and O–H groups in total. The lowest BCUT2D eigenvalue weighted by molar-refractivity contribution is 0.192. The highest BCUT2D eigenvalue weighted by molar-refractivity contribution is 7.07. The summed E-state index contributed by atoms with van der Waals surface area (Å²) >= 11 is 1.59. The number of hydrogen-bond donors (Lipinski definition) is 3. The summed E-state index contributed by atoms with van der Waals surface area (Å²) in [6.45, 7) is 3.39. The summed E-state index contributed by atoms with van der Waals surface area (Å²) in [4.78, 5) is 4.14. The molecule has 5 heteroatoms. The van der Waals surface area contributed by atoms with E-state index in [2.05, 4.69) is 15.6 Å². The Bertz CT molecular complexity index is 473. The van der Waals surface area contributed by atoms with Gasteiger partial charge in [-0.2, -0.15) is 11.3 Å². The van der Waals surface area contributed by atoms with Gasteiger partial charge in [0.05, 0.1) is 29.9 Å². The van der Waals surface area contributed by atoms with Gasteiger partial charge >= 0.3 is 0 Å². The molecule has 2 heterocycles. The minimum atomic E-state index is -0.487. The third-order valence-corrected chi connectivity index (χ3v) is 3.25. The first-order chi connectivity index (χ1) is 8.79. The molecule has 0 amide bonds. The molecule has 96 valence electrons. The Balaban J connectivity index is 1.91. The van der Waals surface area contributed by atoms with Crippen LogP contribution in [0.15, 0.2) is 35.3 Å². The summed E-state index contributed by atoms with van der Waals surface area (Å²) < 4.78 is 0. The Kier molecular flexibility index (Phi) is 4.55. The highest BCUT2D eigenvalue weighted by Gasteiger charge is 2.07. The first kappa shape index (κ1) is 12.9. The zero-order valence-electron chi connectivity index (χ0n) is 10.3. The molecule has 0 saturated carbocycles. The van der Waals surface area contributed by atoms with Gasteiger partial charge in [0.15, 0.2) is 0 Å². The van der Waals surface area contributed by atoms with Gasteiger partial charge in [-0.1, -0.05) is 0 Å². The summed E-state index contributed by atoms with van der Waals surface area (Å²) in [6.07, 6.45) is 3.05. The zero-order chi connectivity index (χ0) is 12.8. The average Bonchev–Trinajstić information content (AvgIpc) is 2.91. The summed E-state index contributed by atoms with van der Waals surface area (Å²) in [5.74, 6) is 0. The summed E-state index contributed by atoms with van der Waals surface area (Å²) in [7, 11) is 0. The molecule has 0 aliphatic heterocycles. The number of aromatic nitrogens is 1. The Morgan fingerprint density at radius 1 is 1.33 bits per heavy atom. The fraction of sp³-hybridized carbons (Fsp3) is 0.308. The second-order valence-electron chi connectivity index (χ2n) is 3.95. The standard InChI is InChI=1S/C13H17N3OS/c1-2-15-11-5-12(7-14-6-11)16-8-13(17)10-3-4-18-9-10/h3-7,9,13,15-17H,2,8H2,1H3. The van der Waals surface area contributed by atoms with Crippen LogP contribution in [0.5, 0.6) is 0 Å². The Labute approximate surface area is 111 Å². The number of hydrogen-bond acceptors (Lipinski definition) is 5. The van der Waals surface area contributed by atoms with Crippen molar-refractivity contribution in [1.29, 1.82) is 0 Å². The van der Waals surface area contributed by atoms with E-state index in [1.54, 1.807) is 23.7 Å². The van der Waals surface area contributed by atoms with Gasteiger partial charge in [-0.25, -0.2) is 0 Å². The van der Waals surface area contributed by atoms with Crippen LogP contribution in [0.3, 0.4) is 0 Å². The predicted octanol–water partition coefficient (Wildman–Crippen LogP) is 2.72. The van der Waals surface area contributed by atoms with Crippen LogP contribution in [0.4, 0.5) is 11.4 Å². The third kappa shape index (κ3) is 3.45. The number of anilines is 2. The molecule has 0 fully saturated rings. The molecular formula is C13H17N3OS. The molecule has 0 spiro atoms. The van der Waals surface area contributed by atoms with Gasteiger partial charge in [0.1, 0.15) is 0 Å². The van der Waals surface area contributed by atoms with E-state index in [1.807, 2.05) is 29.8 Å². The number of aliphatic hydroxyl groups excluding tert-OH is 1. The average molecular weight is 263 g/mol. The van der Waals surface area contributed by atoms with Gasteiger partial charge < -0.3 is 15.7 Å². The van der Waals surface area contributed by atoms with Crippen molar-refractivity contribution in [3.8, 4) is 0 Å². The molecule has 1 unspecified atom stereocenters. The van der Waals surface area contributed by atoms with Crippen LogP contribution in [0.25, 0.3) is 0 Å². The first-order valence-electron chi connectivity index (χ1n) is 5.92. The maximum absolute atomic E-state index is 9.95. The molecule has 0 aromatic carbocycles. The van der Waals surface area contributed by atoms with Crippen molar-refractivity contribution in [3.63, 3.8) is 0 Å². The maximum Gasteiger partial charge on any atom is 0.0970 e. The molecule has 0 saturated heterocycles. The van der Waals surface area contributed by atoms with E-state index in [0.29, 0.717) is 6.54 Å². The Morgan fingerprint density at radius 3 is 2.78 bits per heavy atom. The lowest BCUT2D eigenvalue weighted by Crippen LogP contribution is -2.11. The molecule has 0 radical (unpaired) electrons. The van der Waals surface area contributed by atoms with Crippen molar-refractivity contribution in [3.05, 3.63) is 40.8 Å². The van der Waals surface area contributed by atoms with E-state index in [9.17, 15) is 5.11 Å². The van der Waals surface area contributed by atoms with Crippen molar-refractivity contribution in [2.45, 2.75) is 13.0 Å². The lowest BCUT2D eigenvalue weighted by Gasteiger charge is -2.12. The molecule has 18 heavy (non-hydrogen) atoms. The minimum Gasteiger partial charge on any atom is -0.387 e. The Hall–Kier alpha value is -1.59. The van der Waals surface area contributed by atoms with Crippen LogP contribution < -0.4 is 10.6 Å². The number of nitrogens with zero attached hydrogens (tertiary/aromatic N) is 1. The second-order valence-corrected chi connectivity index (χ2v) is 4.73. The monoisotopic (exact) mass is 263 g/mol. The lowest BCUT2D eigenvalue weighted by atomic mass is 10.2. The van der Waals surface area contributed by atoms with Crippen molar-refractivity contribution in [1.82, 2.24) is 4.98 Å². The molecule has 2 aromatic rings. The van der Waals surface area contributed by atoms with E-state index >= 15 is 0 Å². The van der Waals surface area contributed by atoms with Gasteiger partial charge in [-0.3, -0.25) is 4.98 Å². The van der Waals surface area contributed by atoms with Gasteiger partial charge in [0.2, 0.25) is 0 Å². The summed E-state index contributed by atoms with van der Waals surface area (Å²) in [5, 5.41) is 20.3.